The summed E-state index contributed by atoms with van der Waals surface area (Å²) in [5, 5.41) is 0. The zero-order chi connectivity index (χ0) is 14.8. The van der Waals surface area contributed by atoms with E-state index in [1.54, 1.807) is 0 Å². The maximum absolute atomic E-state index is 12.7. The first-order chi connectivity index (χ1) is 10.2. The molecule has 22 heavy (non-hydrogen) atoms. The molecule has 0 atom stereocenters. The van der Waals surface area contributed by atoms with E-state index in [0.29, 0.717) is 0 Å². The van der Waals surface area contributed by atoms with Gasteiger partial charge in [0.15, 0.2) is 0 Å². The van der Waals surface area contributed by atoms with Crippen LogP contribution >= 0.6 is 12.4 Å². The predicted octanol–water partition coefficient (Wildman–Crippen LogP) is 3.68. The van der Waals surface area contributed by atoms with Gasteiger partial charge in [-0.2, -0.15) is 0 Å². The molecular weight excluding hydrogens is 316 g/mol. The number of para-hydroxylation sites is 2. The first-order valence-electron chi connectivity index (χ1n) is 7.20. The van der Waals surface area contributed by atoms with E-state index in [9.17, 15) is 4.21 Å². The lowest BCUT2D eigenvalue weighted by atomic mass is 10.2. The Morgan fingerprint density at radius 1 is 0.955 bits per heavy atom. The van der Waals surface area contributed by atoms with Crippen molar-refractivity contribution in [3.8, 4) is 0 Å². The van der Waals surface area contributed by atoms with Crippen LogP contribution in [0, 0.1) is 0 Å². The molecule has 1 aliphatic heterocycles. The second-order valence-electron chi connectivity index (χ2n) is 5.51. The standard InChI is InChI=1S/C17H20N2OS.ClH/c1-18(2)12-7-13-19-14-8-3-5-10-16(14)21(20)17-11-6-4-9-15(17)19;/h3-6,8-11H,7,12-13H2,1-2H3;1H. The molecule has 0 aliphatic carbocycles. The quantitative estimate of drug-likeness (QED) is 0.851. The van der Waals surface area contributed by atoms with Crippen LogP contribution in [0.1, 0.15) is 6.42 Å². The van der Waals surface area contributed by atoms with Crippen LogP contribution in [-0.4, -0.2) is 36.3 Å². The van der Waals surface area contributed by atoms with Crippen LogP contribution in [0.15, 0.2) is 58.3 Å². The number of nitrogens with zero attached hydrogens (tertiary/aromatic N) is 2. The van der Waals surface area contributed by atoms with Gasteiger partial charge in [-0.15, -0.1) is 12.4 Å². The molecule has 0 radical (unpaired) electrons. The summed E-state index contributed by atoms with van der Waals surface area (Å²) in [5.41, 5.74) is 2.15. The highest BCUT2D eigenvalue weighted by molar-refractivity contribution is 7.85. The van der Waals surface area contributed by atoms with Crippen LogP contribution < -0.4 is 4.90 Å². The van der Waals surface area contributed by atoms with E-state index in [1.807, 2.05) is 36.4 Å². The molecule has 0 fully saturated rings. The van der Waals surface area contributed by atoms with Gasteiger partial charge >= 0.3 is 0 Å². The van der Waals surface area contributed by atoms with Gasteiger partial charge in [-0.25, -0.2) is 4.21 Å². The SMILES string of the molecule is CN(C)CCCN1c2ccccc2S(=O)c2ccccc21.Cl. The zero-order valence-electron chi connectivity index (χ0n) is 12.9. The number of fused-ring (bicyclic) bond motifs is 2. The van der Waals surface area contributed by atoms with Gasteiger partial charge in [-0.05, 0) is 51.3 Å². The Kier molecular flexibility index (Phi) is 5.62. The number of benzene rings is 2. The van der Waals surface area contributed by atoms with Crippen molar-refractivity contribution in [1.82, 2.24) is 4.90 Å². The molecule has 2 aromatic rings. The monoisotopic (exact) mass is 336 g/mol. The molecule has 3 rings (SSSR count). The van der Waals surface area contributed by atoms with Gasteiger partial charge in [0.2, 0.25) is 0 Å². The number of rotatable bonds is 4. The predicted molar refractivity (Wildman–Crippen MR) is 95.0 cm³/mol. The third kappa shape index (κ3) is 3.19. The summed E-state index contributed by atoms with van der Waals surface area (Å²) in [4.78, 5) is 6.33. The molecule has 3 nitrogen and oxygen atoms in total. The van der Waals surface area contributed by atoms with Crippen molar-refractivity contribution in [3.63, 3.8) is 0 Å². The maximum atomic E-state index is 12.7. The Morgan fingerprint density at radius 3 is 1.95 bits per heavy atom. The van der Waals surface area contributed by atoms with Gasteiger partial charge < -0.3 is 9.80 Å². The Balaban J connectivity index is 0.00000176. The normalized spacial score (nSPS) is 13.5. The number of halogens is 1. The fraction of sp³-hybridized carbons (Fsp3) is 0.294. The molecule has 0 N–H and O–H groups in total. The van der Waals surface area contributed by atoms with E-state index < -0.39 is 10.8 Å². The van der Waals surface area contributed by atoms with Crippen molar-refractivity contribution in [3.05, 3.63) is 48.5 Å². The van der Waals surface area contributed by atoms with E-state index >= 15 is 0 Å². The lowest BCUT2D eigenvalue weighted by molar-refractivity contribution is 0.402. The van der Waals surface area contributed by atoms with Crippen LogP contribution in [0.2, 0.25) is 0 Å². The van der Waals surface area contributed by atoms with Crippen LogP contribution in [0.4, 0.5) is 11.4 Å². The lowest BCUT2D eigenvalue weighted by Gasteiger charge is -2.32. The zero-order valence-corrected chi connectivity index (χ0v) is 14.5. The Bertz CT molecular complexity index is 626. The summed E-state index contributed by atoms with van der Waals surface area (Å²) in [5.74, 6) is 0. The third-order valence-electron chi connectivity index (χ3n) is 3.70. The van der Waals surface area contributed by atoms with Gasteiger partial charge in [0, 0.05) is 6.54 Å². The van der Waals surface area contributed by atoms with Gasteiger partial charge in [0.1, 0.15) is 0 Å². The van der Waals surface area contributed by atoms with Gasteiger partial charge in [-0.1, -0.05) is 24.3 Å². The highest BCUT2D eigenvalue weighted by Crippen LogP contribution is 2.41. The van der Waals surface area contributed by atoms with E-state index in [1.165, 1.54) is 0 Å². The van der Waals surface area contributed by atoms with E-state index in [4.69, 9.17) is 0 Å². The van der Waals surface area contributed by atoms with Gasteiger partial charge in [0.25, 0.3) is 0 Å². The molecule has 0 spiro atoms. The summed E-state index contributed by atoms with van der Waals surface area (Å²) in [6.45, 7) is 1.98. The Morgan fingerprint density at radius 2 is 1.45 bits per heavy atom. The summed E-state index contributed by atoms with van der Waals surface area (Å²) in [7, 11) is 3.10. The average molecular weight is 337 g/mol. The second kappa shape index (κ2) is 7.27. The highest BCUT2D eigenvalue weighted by atomic mass is 35.5. The maximum Gasteiger partial charge on any atom is 0.0892 e. The summed E-state index contributed by atoms with van der Waals surface area (Å²) in [6, 6.07) is 16.0. The minimum Gasteiger partial charge on any atom is -0.339 e. The van der Waals surface area contributed by atoms with E-state index in [0.717, 1.165) is 40.7 Å². The van der Waals surface area contributed by atoms with Crippen LogP contribution in [0.5, 0.6) is 0 Å². The minimum absolute atomic E-state index is 0. The minimum atomic E-state index is -1.08. The first-order valence-corrected chi connectivity index (χ1v) is 8.35. The molecule has 1 heterocycles. The lowest BCUT2D eigenvalue weighted by Crippen LogP contribution is -2.27. The molecule has 2 aromatic carbocycles. The molecule has 0 saturated carbocycles. The number of hydrogen-bond acceptors (Lipinski definition) is 3. The molecule has 0 bridgehead atoms. The first kappa shape index (κ1) is 17.0. The largest absolute Gasteiger partial charge is 0.339 e. The summed E-state index contributed by atoms with van der Waals surface area (Å²) >= 11 is 0. The third-order valence-corrected chi connectivity index (χ3v) is 5.19. The summed E-state index contributed by atoms with van der Waals surface area (Å²) < 4.78 is 12.7. The summed E-state index contributed by atoms with van der Waals surface area (Å²) in [6.07, 6.45) is 1.07. The second-order valence-corrected chi connectivity index (χ2v) is 6.93. The van der Waals surface area contributed by atoms with Crippen molar-refractivity contribution in [1.29, 1.82) is 0 Å². The molecule has 5 heteroatoms. The van der Waals surface area contributed by atoms with E-state index in [-0.39, 0.29) is 12.4 Å². The molecule has 0 unspecified atom stereocenters. The van der Waals surface area contributed by atoms with Crippen molar-refractivity contribution in [2.45, 2.75) is 16.2 Å². The molecule has 1 aliphatic rings. The van der Waals surface area contributed by atoms with Gasteiger partial charge in [0.05, 0.1) is 32.0 Å². The molecule has 0 saturated heterocycles. The average Bonchev–Trinajstić information content (AvgIpc) is 2.50. The Hall–Kier alpha value is -1.36. The van der Waals surface area contributed by atoms with Crippen molar-refractivity contribution >= 4 is 34.6 Å². The Labute approximate surface area is 140 Å². The topological polar surface area (TPSA) is 23.6 Å². The number of anilines is 2. The fourth-order valence-electron chi connectivity index (χ4n) is 2.71. The molecule has 118 valence electrons. The van der Waals surface area contributed by atoms with Gasteiger partial charge in [-0.3, -0.25) is 0 Å². The van der Waals surface area contributed by atoms with Crippen LogP contribution in [0.25, 0.3) is 0 Å². The molecular formula is C17H21ClN2OS. The van der Waals surface area contributed by atoms with Crippen LogP contribution in [-0.2, 0) is 10.8 Å². The van der Waals surface area contributed by atoms with Crippen molar-refractivity contribution in [2.24, 2.45) is 0 Å². The molecule has 0 aromatic heterocycles. The molecule has 0 amide bonds. The highest BCUT2D eigenvalue weighted by Gasteiger charge is 2.26. The van der Waals surface area contributed by atoms with E-state index in [2.05, 4.69) is 36.0 Å². The fourth-order valence-corrected chi connectivity index (χ4v) is 4.09. The van der Waals surface area contributed by atoms with Crippen LogP contribution in [0.3, 0.4) is 0 Å². The smallest absolute Gasteiger partial charge is 0.0892 e. The number of hydrogen-bond donors (Lipinski definition) is 0. The van der Waals surface area contributed by atoms with Crippen molar-refractivity contribution in [2.75, 3.05) is 32.1 Å². The van der Waals surface area contributed by atoms with Crippen molar-refractivity contribution < 1.29 is 4.21 Å².